The third kappa shape index (κ3) is 3.42. The highest BCUT2D eigenvalue weighted by atomic mass is 16.5. The van der Waals surface area contributed by atoms with E-state index in [0.29, 0.717) is 5.69 Å². The number of benzene rings is 2. The van der Waals surface area contributed by atoms with Crippen molar-refractivity contribution in [3.63, 3.8) is 0 Å². The van der Waals surface area contributed by atoms with Gasteiger partial charge in [-0.2, -0.15) is 5.10 Å². The highest BCUT2D eigenvalue weighted by molar-refractivity contribution is 6.01. The number of carbonyl (C=O) groups excluding carboxylic acids is 1. The number of hydrogen-bond acceptors (Lipinski definition) is 3. The van der Waals surface area contributed by atoms with Crippen LogP contribution in [0.25, 0.3) is 10.9 Å². The van der Waals surface area contributed by atoms with Crippen LogP contribution in [0.5, 0.6) is 5.75 Å². The number of ether oxygens (including phenoxy) is 1. The van der Waals surface area contributed by atoms with Gasteiger partial charge >= 0.3 is 6.03 Å². The van der Waals surface area contributed by atoms with Crippen LogP contribution in [-0.4, -0.2) is 22.9 Å². The highest BCUT2D eigenvalue weighted by Crippen LogP contribution is 2.24. The zero-order valence-electron chi connectivity index (χ0n) is 14.9. The van der Waals surface area contributed by atoms with Gasteiger partial charge in [0.25, 0.3) is 0 Å². The van der Waals surface area contributed by atoms with Crippen molar-refractivity contribution in [2.75, 3.05) is 17.7 Å². The minimum absolute atomic E-state index is 0.285. The summed E-state index contributed by atoms with van der Waals surface area (Å²) in [6, 6.07) is 11.0. The van der Waals surface area contributed by atoms with Gasteiger partial charge in [0.1, 0.15) is 5.75 Å². The van der Waals surface area contributed by atoms with Crippen LogP contribution >= 0.6 is 0 Å². The highest BCUT2D eigenvalue weighted by Gasteiger charge is 2.10. The molecule has 0 aliphatic rings. The van der Waals surface area contributed by atoms with Gasteiger partial charge in [0.2, 0.25) is 0 Å². The number of anilines is 2. The number of hydrogen-bond donors (Lipinski definition) is 2. The van der Waals surface area contributed by atoms with E-state index in [1.165, 1.54) is 0 Å². The van der Waals surface area contributed by atoms with Gasteiger partial charge in [-0.1, -0.05) is 6.92 Å². The number of nitrogens with one attached hydrogen (secondary N) is 2. The Morgan fingerprint density at radius 1 is 1.20 bits per heavy atom. The lowest BCUT2D eigenvalue weighted by Crippen LogP contribution is -2.20. The molecule has 3 rings (SSSR count). The zero-order valence-corrected chi connectivity index (χ0v) is 14.9. The fourth-order valence-electron chi connectivity index (χ4n) is 2.81. The van der Waals surface area contributed by atoms with Crippen molar-refractivity contribution in [1.82, 2.24) is 9.78 Å². The van der Waals surface area contributed by atoms with E-state index in [2.05, 4.69) is 15.7 Å². The fraction of sp³-hybridized carbons (Fsp3) is 0.263. The third-order valence-electron chi connectivity index (χ3n) is 4.33. The molecule has 0 atom stereocenters. The minimum atomic E-state index is -0.285. The lowest BCUT2D eigenvalue weighted by Gasteiger charge is -2.12. The maximum Gasteiger partial charge on any atom is 0.323 e. The van der Waals surface area contributed by atoms with Gasteiger partial charge in [-0.05, 0) is 55.3 Å². The van der Waals surface area contributed by atoms with E-state index in [0.717, 1.165) is 40.0 Å². The monoisotopic (exact) mass is 338 g/mol. The summed E-state index contributed by atoms with van der Waals surface area (Å²) in [4.78, 5) is 12.3. The second-order valence-corrected chi connectivity index (χ2v) is 5.90. The Bertz CT molecular complexity index is 931. The first kappa shape index (κ1) is 16.8. The van der Waals surface area contributed by atoms with E-state index in [9.17, 15) is 4.79 Å². The number of carbonyl (C=O) groups is 1. The Hall–Kier alpha value is -3.02. The van der Waals surface area contributed by atoms with E-state index in [1.54, 1.807) is 7.11 Å². The van der Waals surface area contributed by atoms with Gasteiger partial charge < -0.3 is 15.4 Å². The molecule has 0 radical (unpaired) electrons. The molecule has 0 bridgehead atoms. The van der Waals surface area contributed by atoms with Crippen LogP contribution in [0.4, 0.5) is 16.2 Å². The van der Waals surface area contributed by atoms with Crippen LogP contribution < -0.4 is 15.4 Å². The maximum absolute atomic E-state index is 12.3. The summed E-state index contributed by atoms with van der Waals surface area (Å²) in [7, 11) is 3.54. The van der Waals surface area contributed by atoms with Gasteiger partial charge in [-0.3, -0.25) is 4.68 Å². The zero-order chi connectivity index (χ0) is 18.0. The molecule has 25 heavy (non-hydrogen) atoms. The average molecular weight is 338 g/mol. The van der Waals surface area contributed by atoms with Gasteiger partial charge in [0, 0.05) is 29.5 Å². The Kier molecular flexibility index (Phi) is 4.61. The molecule has 0 saturated heterocycles. The van der Waals surface area contributed by atoms with Crippen LogP contribution in [0.1, 0.15) is 18.2 Å². The predicted molar refractivity (Wildman–Crippen MR) is 100 cm³/mol. The molecule has 2 N–H and O–H groups in total. The summed E-state index contributed by atoms with van der Waals surface area (Å²) in [5.41, 5.74) is 4.45. The first-order chi connectivity index (χ1) is 12.0. The molecule has 6 heteroatoms. The van der Waals surface area contributed by atoms with E-state index in [-0.39, 0.29) is 6.03 Å². The second-order valence-electron chi connectivity index (χ2n) is 5.90. The second kappa shape index (κ2) is 6.84. The number of rotatable bonds is 4. The van der Waals surface area contributed by atoms with Crippen molar-refractivity contribution in [2.24, 2.45) is 7.05 Å². The number of nitrogens with zero attached hydrogens (tertiary/aromatic N) is 2. The SMILES string of the molecule is CCc1cc(OC)ccc1NC(=O)Nc1ccc2c(C)n(C)nc2c1. The lowest BCUT2D eigenvalue weighted by atomic mass is 10.1. The van der Waals surface area contributed by atoms with Crippen molar-refractivity contribution in [3.05, 3.63) is 47.7 Å². The lowest BCUT2D eigenvalue weighted by molar-refractivity contribution is 0.262. The summed E-state index contributed by atoms with van der Waals surface area (Å²) in [5, 5.41) is 11.3. The fourth-order valence-corrected chi connectivity index (χ4v) is 2.81. The van der Waals surface area contributed by atoms with E-state index in [1.807, 2.05) is 62.0 Å². The molecule has 3 aromatic rings. The summed E-state index contributed by atoms with van der Waals surface area (Å²) in [6.45, 7) is 4.06. The number of aromatic nitrogens is 2. The van der Waals surface area contributed by atoms with E-state index in [4.69, 9.17) is 4.74 Å². The number of methoxy groups -OCH3 is 1. The molecule has 0 aliphatic carbocycles. The normalized spacial score (nSPS) is 10.7. The molecule has 1 aromatic heterocycles. The summed E-state index contributed by atoms with van der Waals surface area (Å²) >= 11 is 0. The van der Waals surface area contributed by atoms with Gasteiger partial charge in [-0.25, -0.2) is 4.79 Å². The van der Waals surface area contributed by atoms with Crippen molar-refractivity contribution in [1.29, 1.82) is 0 Å². The standard InChI is InChI=1S/C19H22N4O2/c1-5-13-10-15(25-4)7-9-17(13)21-19(24)20-14-6-8-16-12(2)23(3)22-18(16)11-14/h6-11H,5H2,1-4H3,(H2,20,21,24). The molecule has 0 saturated carbocycles. The first-order valence-electron chi connectivity index (χ1n) is 8.20. The largest absolute Gasteiger partial charge is 0.497 e. The molecule has 1 heterocycles. The Balaban J connectivity index is 1.76. The van der Waals surface area contributed by atoms with Crippen LogP contribution in [0.15, 0.2) is 36.4 Å². The Morgan fingerprint density at radius 2 is 2.00 bits per heavy atom. The van der Waals surface area contributed by atoms with Crippen molar-refractivity contribution in [2.45, 2.75) is 20.3 Å². The summed E-state index contributed by atoms with van der Waals surface area (Å²) in [6.07, 6.45) is 0.798. The van der Waals surface area contributed by atoms with Gasteiger partial charge in [-0.15, -0.1) is 0 Å². The van der Waals surface area contributed by atoms with Crippen LogP contribution in [-0.2, 0) is 13.5 Å². The Morgan fingerprint density at radius 3 is 2.72 bits per heavy atom. The van der Waals surface area contributed by atoms with Gasteiger partial charge in [0.05, 0.1) is 12.6 Å². The number of fused-ring (bicyclic) bond motifs is 1. The Labute approximate surface area is 146 Å². The molecular formula is C19H22N4O2. The smallest absolute Gasteiger partial charge is 0.323 e. The molecule has 0 unspecified atom stereocenters. The average Bonchev–Trinajstić information content (AvgIpc) is 2.89. The number of aryl methyl sites for hydroxylation is 3. The van der Waals surface area contributed by atoms with Crippen LogP contribution in [0, 0.1) is 6.92 Å². The third-order valence-corrected chi connectivity index (χ3v) is 4.33. The van der Waals surface area contributed by atoms with Gasteiger partial charge in [0.15, 0.2) is 0 Å². The molecule has 0 aliphatic heterocycles. The minimum Gasteiger partial charge on any atom is -0.497 e. The molecule has 6 nitrogen and oxygen atoms in total. The molecular weight excluding hydrogens is 316 g/mol. The van der Waals surface area contributed by atoms with Crippen LogP contribution in [0.3, 0.4) is 0 Å². The molecule has 2 amide bonds. The van der Waals surface area contributed by atoms with Crippen molar-refractivity contribution in [3.8, 4) is 5.75 Å². The maximum atomic E-state index is 12.3. The molecule has 2 aromatic carbocycles. The molecule has 0 fully saturated rings. The van der Waals surface area contributed by atoms with E-state index >= 15 is 0 Å². The number of amides is 2. The molecule has 0 spiro atoms. The summed E-state index contributed by atoms with van der Waals surface area (Å²) < 4.78 is 7.06. The predicted octanol–water partition coefficient (Wildman–Crippen LogP) is 4.10. The number of urea groups is 1. The van der Waals surface area contributed by atoms with Crippen LogP contribution in [0.2, 0.25) is 0 Å². The quantitative estimate of drug-likeness (QED) is 0.752. The molecule has 130 valence electrons. The van der Waals surface area contributed by atoms with E-state index < -0.39 is 0 Å². The topological polar surface area (TPSA) is 68.2 Å². The summed E-state index contributed by atoms with van der Waals surface area (Å²) in [5.74, 6) is 0.777. The first-order valence-corrected chi connectivity index (χ1v) is 8.20. The van der Waals surface area contributed by atoms with Crippen molar-refractivity contribution >= 4 is 28.3 Å². The van der Waals surface area contributed by atoms with Crippen molar-refractivity contribution < 1.29 is 9.53 Å².